The monoisotopic (exact) mass is 268 g/mol. The number of hydrogen-bond donors (Lipinski definition) is 1. The lowest BCUT2D eigenvalue weighted by atomic mass is 10.1. The SMILES string of the molecule is COc1ccc([N+](=O)[O-])cc1C(=O)N(C)C(C)CO. The molecule has 1 rings (SSSR count). The molecule has 0 saturated carbocycles. The smallest absolute Gasteiger partial charge is 0.270 e. The fraction of sp³-hybridized carbons (Fsp3) is 0.417. The van der Waals surface area contributed by atoms with Gasteiger partial charge in [0.15, 0.2) is 0 Å². The number of amides is 1. The largest absolute Gasteiger partial charge is 0.496 e. The highest BCUT2D eigenvalue weighted by Crippen LogP contribution is 2.25. The number of nitro groups is 1. The molecule has 0 aliphatic carbocycles. The topological polar surface area (TPSA) is 92.9 Å². The van der Waals surface area contributed by atoms with Crippen molar-refractivity contribution in [3.8, 4) is 5.75 Å². The van der Waals surface area contributed by atoms with E-state index < -0.39 is 16.9 Å². The number of carbonyl (C=O) groups excluding carboxylic acids is 1. The van der Waals surface area contributed by atoms with Crippen LogP contribution in [0.1, 0.15) is 17.3 Å². The van der Waals surface area contributed by atoms with E-state index in [1.807, 2.05) is 0 Å². The molecule has 1 atom stereocenters. The fourth-order valence-electron chi connectivity index (χ4n) is 1.49. The van der Waals surface area contributed by atoms with Crippen LogP contribution in [0, 0.1) is 10.1 Å². The second kappa shape index (κ2) is 6.14. The first-order chi connectivity index (χ1) is 8.92. The molecule has 0 fully saturated rings. The van der Waals surface area contributed by atoms with Crippen LogP contribution in [-0.2, 0) is 0 Å². The second-order valence-electron chi connectivity index (χ2n) is 4.09. The standard InChI is InChI=1S/C12H16N2O5/c1-8(7-15)13(2)12(16)10-6-9(14(17)18)4-5-11(10)19-3/h4-6,8,15H,7H2,1-3H3. The van der Waals surface area contributed by atoms with E-state index in [1.54, 1.807) is 6.92 Å². The van der Waals surface area contributed by atoms with Crippen molar-refractivity contribution < 1.29 is 19.6 Å². The van der Waals surface area contributed by atoms with Gasteiger partial charge >= 0.3 is 0 Å². The van der Waals surface area contributed by atoms with Gasteiger partial charge in [0.2, 0.25) is 0 Å². The minimum absolute atomic E-state index is 0.0968. The maximum absolute atomic E-state index is 12.2. The summed E-state index contributed by atoms with van der Waals surface area (Å²) < 4.78 is 5.03. The summed E-state index contributed by atoms with van der Waals surface area (Å²) in [4.78, 5) is 23.7. The second-order valence-corrected chi connectivity index (χ2v) is 4.09. The predicted octanol–water partition coefficient (Wildman–Crippen LogP) is 1.06. The third-order valence-corrected chi connectivity index (χ3v) is 2.87. The van der Waals surface area contributed by atoms with E-state index in [-0.39, 0.29) is 23.6 Å². The molecule has 7 nitrogen and oxygen atoms in total. The van der Waals surface area contributed by atoms with E-state index >= 15 is 0 Å². The molecular weight excluding hydrogens is 252 g/mol. The number of carbonyl (C=O) groups is 1. The van der Waals surface area contributed by atoms with Gasteiger partial charge in [0, 0.05) is 19.2 Å². The Kier molecular flexibility index (Phi) is 4.82. The van der Waals surface area contributed by atoms with E-state index in [2.05, 4.69) is 0 Å². The number of aliphatic hydroxyl groups is 1. The number of rotatable bonds is 5. The zero-order chi connectivity index (χ0) is 14.6. The molecule has 0 aromatic heterocycles. The van der Waals surface area contributed by atoms with Crippen LogP contribution < -0.4 is 4.74 Å². The van der Waals surface area contributed by atoms with E-state index in [1.165, 1.54) is 37.3 Å². The maximum Gasteiger partial charge on any atom is 0.270 e. The minimum Gasteiger partial charge on any atom is -0.496 e. The fourth-order valence-corrected chi connectivity index (χ4v) is 1.49. The van der Waals surface area contributed by atoms with Crippen LogP contribution in [0.2, 0.25) is 0 Å². The summed E-state index contributed by atoms with van der Waals surface area (Å²) in [5, 5.41) is 19.8. The lowest BCUT2D eigenvalue weighted by Gasteiger charge is -2.23. The number of nitro benzene ring substituents is 1. The van der Waals surface area contributed by atoms with Gasteiger partial charge in [-0.2, -0.15) is 0 Å². The predicted molar refractivity (Wildman–Crippen MR) is 68.3 cm³/mol. The maximum atomic E-state index is 12.2. The molecule has 0 bridgehead atoms. The molecule has 1 amide bonds. The summed E-state index contributed by atoms with van der Waals surface area (Å²) in [5.74, 6) is -0.185. The number of non-ortho nitro benzene ring substituents is 1. The van der Waals surface area contributed by atoms with Crippen molar-refractivity contribution in [1.82, 2.24) is 4.90 Å². The number of methoxy groups -OCH3 is 1. The third-order valence-electron chi connectivity index (χ3n) is 2.87. The molecule has 7 heteroatoms. The van der Waals surface area contributed by atoms with Crippen LogP contribution in [0.3, 0.4) is 0 Å². The lowest BCUT2D eigenvalue weighted by Crippen LogP contribution is -2.37. The van der Waals surface area contributed by atoms with Gasteiger partial charge in [-0.3, -0.25) is 14.9 Å². The Labute approximate surface area is 110 Å². The molecule has 0 radical (unpaired) electrons. The first-order valence-electron chi connectivity index (χ1n) is 5.62. The number of ether oxygens (including phenoxy) is 1. The van der Waals surface area contributed by atoms with Crippen LogP contribution in [-0.4, -0.2) is 47.6 Å². The van der Waals surface area contributed by atoms with E-state index in [0.29, 0.717) is 0 Å². The molecule has 1 aromatic carbocycles. The first-order valence-corrected chi connectivity index (χ1v) is 5.62. The molecule has 0 aliphatic heterocycles. The molecule has 0 saturated heterocycles. The van der Waals surface area contributed by atoms with Crippen molar-refractivity contribution >= 4 is 11.6 Å². The van der Waals surface area contributed by atoms with Gasteiger partial charge in [-0.05, 0) is 13.0 Å². The van der Waals surface area contributed by atoms with E-state index in [4.69, 9.17) is 9.84 Å². The van der Waals surface area contributed by atoms with Crippen molar-refractivity contribution in [2.45, 2.75) is 13.0 Å². The van der Waals surface area contributed by atoms with Gasteiger partial charge in [0.1, 0.15) is 5.75 Å². The van der Waals surface area contributed by atoms with Crippen molar-refractivity contribution in [3.05, 3.63) is 33.9 Å². The first kappa shape index (κ1) is 14.9. The average molecular weight is 268 g/mol. The van der Waals surface area contributed by atoms with E-state index in [9.17, 15) is 14.9 Å². The number of aliphatic hydroxyl groups excluding tert-OH is 1. The quantitative estimate of drug-likeness (QED) is 0.636. The Bertz CT molecular complexity index is 489. The van der Waals surface area contributed by atoms with Crippen molar-refractivity contribution in [1.29, 1.82) is 0 Å². The molecule has 0 spiro atoms. The Morgan fingerprint density at radius 3 is 2.68 bits per heavy atom. The van der Waals surface area contributed by atoms with Gasteiger partial charge in [0.05, 0.1) is 30.2 Å². The zero-order valence-electron chi connectivity index (χ0n) is 11.0. The molecular formula is C12H16N2O5. The molecule has 1 N–H and O–H groups in total. The number of hydrogen-bond acceptors (Lipinski definition) is 5. The highest BCUT2D eigenvalue weighted by Gasteiger charge is 2.22. The Morgan fingerprint density at radius 1 is 1.58 bits per heavy atom. The van der Waals surface area contributed by atoms with Gasteiger partial charge in [-0.25, -0.2) is 0 Å². The summed E-state index contributed by atoms with van der Waals surface area (Å²) in [6, 6.07) is 3.42. The summed E-state index contributed by atoms with van der Waals surface area (Å²) in [6.07, 6.45) is 0. The molecule has 19 heavy (non-hydrogen) atoms. The Hall–Kier alpha value is -2.15. The lowest BCUT2D eigenvalue weighted by molar-refractivity contribution is -0.384. The number of benzene rings is 1. The Balaban J connectivity index is 3.19. The van der Waals surface area contributed by atoms with Gasteiger partial charge in [0.25, 0.3) is 11.6 Å². The highest BCUT2D eigenvalue weighted by atomic mass is 16.6. The van der Waals surface area contributed by atoms with Gasteiger partial charge < -0.3 is 14.7 Å². The van der Waals surface area contributed by atoms with Gasteiger partial charge in [-0.15, -0.1) is 0 Å². The Morgan fingerprint density at radius 2 is 2.21 bits per heavy atom. The summed E-state index contributed by atoms with van der Waals surface area (Å²) in [6.45, 7) is 1.47. The summed E-state index contributed by atoms with van der Waals surface area (Å²) in [5.41, 5.74) is -0.0892. The molecule has 0 aliphatic rings. The van der Waals surface area contributed by atoms with Crippen molar-refractivity contribution in [2.75, 3.05) is 20.8 Å². The average Bonchev–Trinajstić information content (AvgIpc) is 2.43. The molecule has 1 aromatic rings. The normalized spacial score (nSPS) is 11.8. The molecule has 1 unspecified atom stereocenters. The number of nitrogens with zero attached hydrogens (tertiary/aromatic N) is 2. The van der Waals surface area contributed by atoms with Gasteiger partial charge in [-0.1, -0.05) is 0 Å². The van der Waals surface area contributed by atoms with Crippen LogP contribution in [0.15, 0.2) is 18.2 Å². The number of likely N-dealkylation sites (N-methyl/N-ethyl adjacent to an activating group) is 1. The van der Waals surface area contributed by atoms with E-state index in [0.717, 1.165) is 0 Å². The third kappa shape index (κ3) is 3.19. The van der Waals surface area contributed by atoms with Crippen molar-refractivity contribution in [3.63, 3.8) is 0 Å². The minimum atomic E-state index is -0.578. The summed E-state index contributed by atoms with van der Waals surface area (Å²) >= 11 is 0. The zero-order valence-corrected chi connectivity index (χ0v) is 11.0. The van der Waals surface area contributed by atoms with Crippen molar-refractivity contribution in [2.24, 2.45) is 0 Å². The van der Waals surface area contributed by atoms with Crippen LogP contribution in [0.5, 0.6) is 5.75 Å². The highest BCUT2D eigenvalue weighted by molar-refractivity contribution is 5.97. The van der Waals surface area contributed by atoms with Crippen LogP contribution in [0.25, 0.3) is 0 Å². The molecule has 104 valence electrons. The van der Waals surface area contributed by atoms with Crippen LogP contribution in [0.4, 0.5) is 5.69 Å². The van der Waals surface area contributed by atoms with Crippen LogP contribution >= 0.6 is 0 Å². The molecule has 0 heterocycles. The summed E-state index contributed by atoms with van der Waals surface area (Å²) in [7, 11) is 2.90.